The number of carbonyl (C=O) groups excluding carboxylic acids is 1. The highest BCUT2D eigenvalue weighted by atomic mass is 16.2. The lowest BCUT2D eigenvalue weighted by Crippen LogP contribution is -1.83. The third kappa shape index (κ3) is 2.14. The van der Waals surface area contributed by atoms with Crippen molar-refractivity contribution in [2.75, 3.05) is 0 Å². The molecule has 1 N–H and O–H groups in total. The molecule has 0 fully saturated rings. The molecule has 0 aromatic rings. The molecule has 0 bridgehead atoms. The fraction of sp³-hybridized carbons (Fsp3) is 0.143. The second-order valence-corrected chi connectivity index (χ2v) is 1.64. The lowest BCUT2D eigenvalue weighted by molar-refractivity contribution is -0.104. The molecule has 0 rings (SSSR count). The van der Waals surface area contributed by atoms with Crippen molar-refractivity contribution in [1.82, 2.24) is 0 Å². The van der Waals surface area contributed by atoms with Gasteiger partial charge >= 0.3 is 0 Å². The van der Waals surface area contributed by atoms with Crippen LogP contribution < -0.4 is 0 Å². The average molecular weight is 137 g/mol. The monoisotopic (exact) mass is 137 g/mol. The third-order valence-corrected chi connectivity index (χ3v) is 0.988. The number of carbonyl (C=O) groups is 1. The summed E-state index contributed by atoms with van der Waals surface area (Å²) < 4.78 is 0. The molecule has 0 amide bonds. The first-order valence-corrected chi connectivity index (χ1v) is 2.63. The summed E-state index contributed by atoms with van der Waals surface area (Å²) in [5, 5.41) is 16.5. The number of rotatable bonds is 2. The molecular formula is C7H7NO2. The average Bonchev–Trinajstić information content (AvgIpc) is 1.91. The van der Waals surface area contributed by atoms with E-state index in [2.05, 4.69) is 0 Å². The first-order valence-electron chi connectivity index (χ1n) is 2.63. The molecule has 0 heterocycles. The minimum absolute atomic E-state index is 0.0327. The summed E-state index contributed by atoms with van der Waals surface area (Å²) in [5.41, 5.74) is 0.491. The number of hydrogen-bond acceptors (Lipinski definition) is 3. The smallest absolute Gasteiger partial charge is 0.160 e. The molecule has 0 atom stereocenters. The highest BCUT2D eigenvalue weighted by Crippen LogP contribution is 2.00. The van der Waals surface area contributed by atoms with E-state index in [1.807, 2.05) is 0 Å². The number of aliphatic hydroxyl groups is 1. The summed E-state index contributed by atoms with van der Waals surface area (Å²) in [6.45, 7) is 1.57. The number of nitrogens with zero attached hydrogens (tertiary/aromatic N) is 1. The van der Waals surface area contributed by atoms with Crippen LogP contribution in [0.3, 0.4) is 0 Å². The van der Waals surface area contributed by atoms with Crippen molar-refractivity contribution in [3.8, 4) is 6.07 Å². The van der Waals surface area contributed by atoms with Gasteiger partial charge in [0, 0.05) is 0 Å². The highest BCUT2D eigenvalue weighted by Gasteiger charge is 1.94. The van der Waals surface area contributed by atoms with Gasteiger partial charge in [-0.1, -0.05) is 0 Å². The van der Waals surface area contributed by atoms with Gasteiger partial charge in [0.25, 0.3) is 0 Å². The lowest BCUT2D eigenvalue weighted by atomic mass is 10.2. The summed E-state index contributed by atoms with van der Waals surface area (Å²) >= 11 is 0. The Labute approximate surface area is 58.9 Å². The maximum absolute atomic E-state index is 10.1. The Morgan fingerprint density at radius 1 is 1.70 bits per heavy atom. The molecule has 52 valence electrons. The van der Waals surface area contributed by atoms with Crippen molar-refractivity contribution in [2.45, 2.75) is 6.92 Å². The van der Waals surface area contributed by atoms with E-state index in [1.165, 1.54) is 6.08 Å². The van der Waals surface area contributed by atoms with Crippen molar-refractivity contribution >= 4 is 6.29 Å². The number of aldehydes is 1. The second kappa shape index (κ2) is 4.33. The molecule has 0 aliphatic heterocycles. The number of aliphatic hydroxyl groups excluding tert-OH is 1. The van der Waals surface area contributed by atoms with Crippen LogP contribution in [-0.4, -0.2) is 11.4 Å². The zero-order valence-electron chi connectivity index (χ0n) is 5.53. The van der Waals surface area contributed by atoms with Crippen molar-refractivity contribution in [1.29, 1.82) is 5.26 Å². The fourth-order valence-electron chi connectivity index (χ4n) is 0.409. The van der Waals surface area contributed by atoms with E-state index in [4.69, 9.17) is 10.4 Å². The van der Waals surface area contributed by atoms with Crippen LogP contribution in [0.1, 0.15) is 6.92 Å². The summed E-state index contributed by atoms with van der Waals surface area (Å²) in [6, 6.07) is 1.69. The number of nitriles is 1. The van der Waals surface area contributed by atoms with Gasteiger partial charge in [0.2, 0.25) is 0 Å². The minimum atomic E-state index is 0.0327. The van der Waals surface area contributed by atoms with Crippen LogP contribution in [0.2, 0.25) is 0 Å². The van der Waals surface area contributed by atoms with Crippen molar-refractivity contribution < 1.29 is 9.90 Å². The zero-order chi connectivity index (χ0) is 7.98. The molecule has 0 aliphatic carbocycles. The molecule has 0 radical (unpaired) electrons. The van der Waals surface area contributed by atoms with Crippen molar-refractivity contribution in [2.24, 2.45) is 0 Å². The Bertz CT molecular complexity index is 220. The van der Waals surface area contributed by atoms with E-state index < -0.39 is 0 Å². The Hall–Kier alpha value is -1.56. The molecule has 0 aromatic heterocycles. The predicted octanol–water partition coefficient (Wildman–Crippen LogP) is 1.10. The summed E-state index contributed by atoms with van der Waals surface area (Å²) in [5.74, 6) is 0. The van der Waals surface area contributed by atoms with Crippen LogP contribution in [-0.2, 0) is 4.79 Å². The molecule has 10 heavy (non-hydrogen) atoms. The first-order chi connectivity index (χ1) is 4.76. The second-order valence-electron chi connectivity index (χ2n) is 1.64. The number of allylic oxidation sites excluding steroid dienone is 3. The summed E-state index contributed by atoms with van der Waals surface area (Å²) in [4.78, 5) is 10.1. The van der Waals surface area contributed by atoms with E-state index in [9.17, 15) is 4.79 Å². The van der Waals surface area contributed by atoms with E-state index in [1.54, 1.807) is 13.0 Å². The topological polar surface area (TPSA) is 61.1 Å². The molecular weight excluding hydrogens is 130 g/mol. The van der Waals surface area contributed by atoms with Crippen LogP contribution >= 0.6 is 0 Å². The van der Waals surface area contributed by atoms with Crippen LogP contribution in [0.25, 0.3) is 0 Å². The van der Waals surface area contributed by atoms with Crippen molar-refractivity contribution in [3.05, 3.63) is 23.5 Å². The van der Waals surface area contributed by atoms with Gasteiger partial charge in [0.05, 0.1) is 11.8 Å². The van der Waals surface area contributed by atoms with Crippen LogP contribution in [0.5, 0.6) is 0 Å². The predicted molar refractivity (Wildman–Crippen MR) is 36.1 cm³/mol. The standard InChI is InChI=1S/C7H7NO2/c1-6(2-3-9)7(4-8)5-10/h2-3,5,9H,1H3/b3-2+,7-6-. The first kappa shape index (κ1) is 8.44. The Morgan fingerprint density at radius 3 is 2.60 bits per heavy atom. The molecule has 3 nitrogen and oxygen atoms in total. The SMILES string of the molecule is CC(/C=C/O)=C(\C#N)C=O. The van der Waals surface area contributed by atoms with Crippen molar-refractivity contribution in [3.63, 3.8) is 0 Å². The lowest BCUT2D eigenvalue weighted by Gasteiger charge is -1.87. The van der Waals surface area contributed by atoms with E-state index in [0.29, 0.717) is 11.9 Å². The van der Waals surface area contributed by atoms with Gasteiger partial charge in [-0.2, -0.15) is 5.26 Å². The van der Waals surface area contributed by atoms with Gasteiger partial charge < -0.3 is 5.11 Å². The number of hydrogen-bond donors (Lipinski definition) is 1. The molecule has 3 heteroatoms. The Balaban J connectivity index is 4.64. The van der Waals surface area contributed by atoms with Gasteiger partial charge in [0.15, 0.2) is 6.29 Å². The molecule has 0 unspecified atom stereocenters. The van der Waals surface area contributed by atoms with Crippen LogP contribution in [0.15, 0.2) is 23.5 Å². The maximum atomic E-state index is 10.1. The summed E-state index contributed by atoms with van der Waals surface area (Å²) in [7, 11) is 0. The molecule has 0 aromatic carbocycles. The Morgan fingerprint density at radius 2 is 2.30 bits per heavy atom. The molecule has 0 saturated heterocycles. The third-order valence-electron chi connectivity index (χ3n) is 0.988. The highest BCUT2D eigenvalue weighted by molar-refractivity contribution is 5.80. The molecule has 0 aliphatic rings. The summed E-state index contributed by atoms with van der Waals surface area (Å²) in [6.07, 6.45) is 2.53. The minimum Gasteiger partial charge on any atom is -0.516 e. The van der Waals surface area contributed by atoms with Crippen LogP contribution in [0, 0.1) is 11.3 Å². The normalized spacial score (nSPS) is 12.4. The van der Waals surface area contributed by atoms with Gasteiger partial charge in [-0.25, -0.2) is 0 Å². The van der Waals surface area contributed by atoms with Crippen LogP contribution in [0.4, 0.5) is 0 Å². The van der Waals surface area contributed by atoms with Gasteiger partial charge in [0.1, 0.15) is 6.07 Å². The van der Waals surface area contributed by atoms with Gasteiger partial charge in [-0.3, -0.25) is 4.79 Å². The van der Waals surface area contributed by atoms with E-state index >= 15 is 0 Å². The Kier molecular flexibility index (Phi) is 3.66. The largest absolute Gasteiger partial charge is 0.516 e. The zero-order valence-corrected chi connectivity index (χ0v) is 5.53. The molecule has 0 saturated carbocycles. The maximum Gasteiger partial charge on any atom is 0.160 e. The van der Waals surface area contributed by atoms with E-state index in [-0.39, 0.29) is 5.57 Å². The van der Waals surface area contributed by atoms with Gasteiger partial charge in [-0.05, 0) is 18.6 Å². The molecule has 0 spiro atoms. The quantitative estimate of drug-likeness (QED) is 0.204. The van der Waals surface area contributed by atoms with Gasteiger partial charge in [-0.15, -0.1) is 0 Å². The van der Waals surface area contributed by atoms with E-state index in [0.717, 1.165) is 6.26 Å². The fourth-order valence-corrected chi connectivity index (χ4v) is 0.409.